The van der Waals surface area contributed by atoms with Gasteiger partial charge >= 0.3 is 0 Å². The third-order valence-electron chi connectivity index (χ3n) is 0.444. The van der Waals surface area contributed by atoms with Crippen molar-refractivity contribution in [2.75, 3.05) is 6.61 Å². The minimum atomic E-state index is 0.391. The number of ether oxygens (including phenoxy) is 1. The largest absolute Gasteiger partial charge is 0.360 e. The van der Waals surface area contributed by atoms with E-state index in [1.807, 2.05) is 13.8 Å². The molecule has 0 bridgehead atoms. The maximum atomic E-state index is 4.89. The van der Waals surface area contributed by atoms with Crippen LogP contribution in [0.5, 0.6) is 0 Å². The van der Waals surface area contributed by atoms with Crippen LogP contribution < -0.4 is 0 Å². The summed E-state index contributed by atoms with van der Waals surface area (Å²) in [5, 5.41) is 0. The molecule has 0 unspecified atom stereocenters. The van der Waals surface area contributed by atoms with Gasteiger partial charge in [0.2, 0.25) is 0 Å². The highest BCUT2D eigenvalue weighted by atomic mass is 16.5. The van der Waals surface area contributed by atoms with Gasteiger partial charge in [0.25, 0.3) is 0 Å². The van der Waals surface area contributed by atoms with Crippen LogP contribution >= 0.6 is 0 Å². The fraction of sp³-hybridized carbons (Fsp3) is 0.500. The Labute approximate surface area is 44.7 Å². The molecule has 0 saturated carbocycles. The monoisotopic (exact) mass is 97.1 g/mol. The zero-order valence-electron chi connectivity index (χ0n) is 4.69. The van der Waals surface area contributed by atoms with Crippen molar-refractivity contribution < 1.29 is 4.74 Å². The molecular formula is C6H9O. The predicted octanol–water partition coefficient (Wildman–Crippen LogP) is 1.21. The lowest BCUT2D eigenvalue weighted by atomic mass is 10.5. The summed E-state index contributed by atoms with van der Waals surface area (Å²) in [6.07, 6.45) is 5.80. The van der Waals surface area contributed by atoms with Gasteiger partial charge in [-0.1, -0.05) is 5.92 Å². The second-order valence-corrected chi connectivity index (χ2v) is 1.40. The Hall–Kier alpha value is -0.480. The molecule has 0 aliphatic carbocycles. The Morgan fingerprint density at radius 1 is 1.71 bits per heavy atom. The molecular weight excluding hydrogens is 88.1 g/mol. The van der Waals surface area contributed by atoms with E-state index in [1.165, 1.54) is 0 Å². The van der Waals surface area contributed by atoms with Gasteiger partial charge in [-0.3, -0.25) is 0 Å². The fourth-order valence-corrected chi connectivity index (χ4v) is 0.186. The van der Waals surface area contributed by atoms with Crippen LogP contribution in [0.4, 0.5) is 0 Å². The molecule has 1 radical (unpaired) electrons. The van der Waals surface area contributed by atoms with Crippen LogP contribution in [0.2, 0.25) is 0 Å². The zero-order chi connectivity index (χ0) is 5.70. The van der Waals surface area contributed by atoms with Gasteiger partial charge in [-0.05, 0) is 13.8 Å². The molecule has 0 aliphatic rings. The molecule has 0 rings (SSSR count). The van der Waals surface area contributed by atoms with Gasteiger partial charge in [-0.25, -0.2) is 0 Å². The lowest BCUT2D eigenvalue weighted by molar-refractivity contribution is 0.191. The second kappa shape index (κ2) is 3.70. The van der Waals surface area contributed by atoms with E-state index in [0.29, 0.717) is 6.61 Å². The maximum absolute atomic E-state index is 4.89. The van der Waals surface area contributed by atoms with Gasteiger partial charge in [-0.2, -0.15) is 0 Å². The van der Waals surface area contributed by atoms with E-state index in [4.69, 9.17) is 11.2 Å². The van der Waals surface area contributed by atoms with Crippen LogP contribution in [0.1, 0.15) is 13.8 Å². The first-order valence-electron chi connectivity index (χ1n) is 2.14. The molecule has 0 aliphatic heterocycles. The molecule has 39 valence electrons. The smallest absolute Gasteiger partial charge is 0.108 e. The Morgan fingerprint density at radius 3 is 2.43 bits per heavy atom. The molecule has 0 aromatic heterocycles. The summed E-state index contributed by atoms with van der Waals surface area (Å²) < 4.78 is 4.87. The highest BCUT2D eigenvalue weighted by molar-refractivity contribution is 4.84. The molecule has 1 nitrogen and oxygen atoms in total. The first-order valence-corrected chi connectivity index (χ1v) is 2.14. The summed E-state index contributed by atoms with van der Waals surface area (Å²) >= 11 is 0. The van der Waals surface area contributed by atoms with Crippen molar-refractivity contribution in [1.82, 2.24) is 0 Å². The average Bonchev–Trinajstić information content (AvgIpc) is 1.61. The topological polar surface area (TPSA) is 9.23 Å². The van der Waals surface area contributed by atoms with Gasteiger partial charge in [0.1, 0.15) is 6.61 Å². The predicted molar refractivity (Wildman–Crippen MR) is 29.4 cm³/mol. The van der Waals surface area contributed by atoms with E-state index in [9.17, 15) is 0 Å². The van der Waals surface area contributed by atoms with Crippen molar-refractivity contribution in [2.24, 2.45) is 0 Å². The SMILES string of the molecule is C#CCO[C](C)C. The van der Waals surface area contributed by atoms with Crippen LogP contribution in [0.15, 0.2) is 0 Å². The average molecular weight is 97.1 g/mol. The van der Waals surface area contributed by atoms with E-state index in [2.05, 4.69) is 5.92 Å². The number of hydrogen-bond donors (Lipinski definition) is 0. The van der Waals surface area contributed by atoms with Crippen molar-refractivity contribution >= 4 is 0 Å². The van der Waals surface area contributed by atoms with Crippen molar-refractivity contribution in [3.8, 4) is 12.3 Å². The van der Waals surface area contributed by atoms with Crippen LogP contribution in [-0.4, -0.2) is 6.61 Å². The Kier molecular flexibility index (Phi) is 3.45. The summed E-state index contributed by atoms with van der Waals surface area (Å²) in [6.45, 7) is 4.14. The van der Waals surface area contributed by atoms with Crippen LogP contribution in [0.3, 0.4) is 0 Å². The van der Waals surface area contributed by atoms with E-state index < -0.39 is 0 Å². The van der Waals surface area contributed by atoms with Gasteiger partial charge in [0.05, 0.1) is 6.10 Å². The molecule has 0 atom stereocenters. The van der Waals surface area contributed by atoms with Crippen molar-refractivity contribution in [2.45, 2.75) is 13.8 Å². The molecule has 0 fully saturated rings. The highest BCUT2D eigenvalue weighted by Crippen LogP contribution is 1.94. The van der Waals surface area contributed by atoms with Crippen LogP contribution in [0, 0.1) is 18.4 Å². The van der Waals surface area contributed by atoms with Crippen LogP contribution in [0.25, 0.3) is 0 Å². The second-order valence-electron chi connectivity index (χ2n) is 1.40. The van der Waals surface area contributed by atoms with Crippen molar-refractivity contribution in [1.29, 1.82) is 0 Å². The first kappa shape index (κ1) is 6.52. The third-order valence-corrected chi connectivity index (χ3v) is 0.444. The Morgan fingerprint density at radius 2 is 2.29 bits per heavy atom. The number of hydrogen-bond acceptors (Lipinski definition) is 1. The molecule has 0 heterocycles. The molecule has 7 heavy (non-hydrogen) atoms. The Balaban J connectivity index is 2.86. The minimum absolute atomic E-state index is 0.391. The van der Waals surface area contributed by atoms with Gasteiger partial charge in [0, 0.05) is 0 Å². The lowest BCUT2D eigenvalue weighted by Crippen LogP contribution is -1.92. The molecule has 0 N–H and O–H groups in total. The summed E-state index contributed by atoms with van der Waals surface area (Å²) in [5.74, 6) is 2.36. The van der Waals surface area contributed by atoms with E-state index in [-0.39, 0.29) is 0 Å². The van der Waals surface area contributed by atoms with Crippen molar-refractivity contribution in [3.05, 3.63) is 6.10 Å². The summed E-state index contributed by atoms with van der Waals surface area (Å²) in [6, 6.07) is 0. The van der Waals surface area contributed by atoms with Crippen LogP contribution in [-0.2, 0) is 4.74 Å². The lowest BCUT2D eigenvalue weighted by Gasteiger charge is -1.98. The molecule has 0 spiro atoms. The summed E-state index contributed by atoms with van der Waals surface area (Å²) in [7, 11) is 0. The van der Waals surface area contributed by atoms with Gasteiger partial charge in [0.15, 0.2) is 0 Å². The highest BCUT2D eigenvalue weighted by Gasteiger charge is 1.87. The number of rotatable bonds is 2. The van der Waals surface area contributed by atoms with E-state index in [0.717, 1.165) is 6.10 Å². The molecule has 1 heteroatoms. The quantitative estimate of drug-likeness (QED) is 0.470. The standard InChI is InChI=1S/C6H9O/c1-4-5-7-6(2)3/h1H,5H2,2-3H3. The molecule has 0 amide bonds. The zero-order valence-corrected chi connectivity index (χ0v) is 4.69. The van der Waals surface area contributed by atoms with Crippen molar-refractivity contribution in [3.63, 3.8) is 0 Å². The van der Waals surface area contributed by atoms with E-state index >= 15 is 0 Å². The maximum Gasteiger partial charge on any atom is 0.108 e. The molecule has 0 saturated heterocycles. The number of terminal acetylenes is 1. The van der Waals surface area contributed by atoms with E-state index in [1.54, 1.807) is 0 Å². The Bertz CT molecular complexity index is 68.7. The van der Waals surface area contributed by atoms with Gasteiger partial charge < -0.3 is 4.74 Å². The fourth-order valence-electron chi connectivity index (χ4n) is 0.186. The summed E-state index contributed by atoms with van der Waals surface area (Å²) in [5.41, 5.74) is 0. The minimum Gasteiger partial charge on any atom is -0.360 e. The molecule has 0 aromatic carbocycles. The normalized spacial score (nSPS) is 8.86. The van der Waals surface area contributed by atoms with Gasteiger partial charge in [-0.15, -0.1) is 6.42 Å². The first-order chi connectivity index (χ1) is 3.27. The third kappa shape index (κ3) is 5.52. The summed E-state index contributed by atoms with van der Waals surface area (Å²) in [4.78, 5) is 0. The molecule has 0 aromatic rings.